The molecule has 2 N–H and O–H groups in total. The maximum absolute atomic E-state index is 14.1. The normalized spacial score (nSPS) is 14.4. The van der Waals surface area contributed by atoms with Crippen LogP contribution in [0.2, 0.25) is 0 Å². The lowest BCUT2D eigenvalue weighted by atomic mass is 10.1. The molecule has 1 aliphatic rings. The molecule has 8 nitrogen and oxygen atoms in total. The fraction of sp³-hybridized carbons (Fsp3) is 0.250. The zero-order valence-corrected chi connectivity index (χ0v) is 19.5. The van der Waals surface area contributed by atoms with Crippen molar-refractivity contribution in [2.45, 2.75) is 5.03 Å². The summed E-state index contributed by atoms with van der Waals surface area (Å²) in [5, 5.41) is 14.3. The van der Waals surface area contributed by atoms with Crippen molar-refractivity contribution in [2.24, 2.45) is 0 Å². The van der Waals surface area contributed by atoms with Crippen LogP contribution in [0.25, 0.3) is 17.0 Å². The number of nitrogens with two attached hydrogens (primary N) is 1. The van der Waals surface area contributed by atoms with Crippen LogP contribution in [-0.2, 0) is 0 Å². The van der Waals surface area contributed by atoms with Gasteiger partial charge in [-0.2, -0.15) is 9.78 Å². The van der Waals surface area contributed by atoms with Gasteiger partial charge in [-0.15, -0.1) is 16.9 Å². The third kappa shape index (κ3) is 5.03. The van der Waals surface area contributed by atoms with Gasteiger partial charge in [-0.05, 0) is 24.3 Å². The van der Waals surface area contributed by atoms with Crippen LogP contribution in [0.4, 0.5) is 20.4 Å². The SMILES string of the molecule is N#Cc1cccc(-c2nc3cc(SCCN4CCN(c5ccc(F)cc5F)CC4)nc(N)n3n2)c1. The fourth-order valence-corrected chi connectivity index (χ4v) is 4.95. The summed E-state index contributed by atoms with van der Waals surface area (Å²) in [6.07, 6.45) is 0. The van der Waals surface area contributed by atoms with Crippen LogP contribution in [0.1, 0.15) is 5.56 Å². The standard InChI is InChI=1S/C24H22F2N8S/c25-18-4-5-20(19(26)13-18)33-8-6-32(7-9-33)10-11-35-22-14-21-29-23(31-34(21)24(28)30-22)17-3-1-2-16(12-17)15-27/h1-5,12-14H,6-11H2,(H2,28,30). The predicted octanol–water partition coefficient (Wildman–Crippen LogP) is 3.44. The van der Waals surface area contributed by atoms with Crippen molar-refractivity contribution in [3.8, 4) is 17.5 Å². The molecular formula is C24H22F2N8S. The van der Waals surface area contributed by atoms with E-state index in [9.17, 15) is 8.78 Å². The van der Waals surface area contributed by atoms with Crippen molar-refractivity contribution < 1.29 is 8.78 Å². The van der Waals surface area contributed by atoms with Gasteiger partial charge >= 0.3 is 0 Å². The molecule has 2 aromatic heterocycles. The number of piperazine rings is 1. The van der Waals surface area contributed by atoms with Crippen LogP contribution in [0.15, 0.2) is 53.6 Å². The number of nitrogens with zero attached hydrogens (tertiary/aromatic N) is 7. The van der Waals surface area contributed by atoms with E-state index < -0.39 is 11.6 Å². The smallest absolute Gasteiger partial charge is 0.224 e. The summed E-state index contributed by atoms with van der Waals surface area (Å²) in [6, 6.07) is 14.8. The first kappa shape index (κ1) is 23.0. The maximum atomic E-state index is 14.1. The predicted molar refractivity (Wildman–Crippen MR) is 131 cm³/mol. The Labute approximate surface area is 205 Å². The van der Waals surface area contributed by atoms with E-state index in [-0.39, 0.29) is 5.95 Å². The molecule has 1 fully saturated rings. The van der Waals surface area contributed by atoms with Crippen LogP contribution in [0, 0.1) is 23.0 Å². The highest BCUT2D eigenvalue weighted by Gasteiger charge is 2.20. The molecule has 0 unspecified atom stereocenters. The molecule has 0 atom stereocenters. The number of anilines is 2. The Morgan fingerprint density at radius 3 is 2.63 bits per heavy atom. The molecule has 2 aromatic carbocycles. The minimum Gasteiger partial charge on any atom is -0.368 e. The molecule has 178 valence electrons. The van der Waals surface area contributed by atoms with Crippen LogP contribution in [0.5, 0.6) is 0 Å². The molecule has 0 amide bonds. The van der Waals surface area contributed by atoms with Gasteiger partial charge in [0.1, 0.15) is 16.7 Å². The first-order chi connectivity index (χ1) is 17.0. The lowest BCUT2D eigenvalue weighted by molar-refractivity contribution is 0.272. The van der Waals surface area contributed by atoms with Crippen LogP contribution < -0.4 is 10.6 Å². The van der Waals surface area contributed by atoms with E-state index in [0.29, 0.717) is 35.8 Å². The molecule has 0 spiro atoms. The van der Waals surface area contributed by atoms with E-state index in [4.69, 9.17) is 11.0 Å². The average Bonchev–Trinajstić information content (AvgIpc) is 3.30. The highest BCUT2D eigenvalue weighted by Crippen LogP contribution is 2.24. The molecular weight excluding hydrogens is 470 g/mol. The van der Waals surface area contributed by atoms with Gasteiger partial charge in [0.2, 0.25) is 5.95 Å². The third-order valence-electron chi connectivity index (χ3n) is 5.86. The second-order valence-corrected chi connectivity index (χ2v) is 9.24. The Morgan fingerprint density at radius 1 is 1.03 bits per heavy atom. The first-order valence-electron chi connectivity index (χ1n) is 11.1. The first-order valence-corrected chi connectivity index (χ1v) is 12.1. The van der Waals surface area contributed by atoms with Crippen molar-refractivity contribution in [1.82, 2.24) is 24.5 Å². The summed E-state index contributed by atoms with van der Waals surface area (Å²) in [5.41, 5.74) is 8.43. The van der Waals surface area contributed by atoms with E-state index >= 15 is 0 Å². The van der Waals surface area contributed by atoms with Gasteiger partial charge in [0.15, 0.2) is 11.5 Å². The minimum absolute atomic E-state index is 0.245. The summed E-state index contributed by atoms with van der Waals surface area (Å²) in [5.74, 6) is 0.439. The molecule has 0 aliphatic carbocycles. The Kier molecular flexibility index (Phi) is 6.48. The van der Waals surface area contributed by atoms with Gasteiger partial charge < -0.3 is 10.6 Å². The molecule has 0 radical (unpaired) electrons. The zero-order valence-electron chi connectivity index (χ0n) is 18.7. The number of aromatic nitrogens is 4. The van der Waals surface area contributed by atoms with Gasteiger partial charge in [-0.3, -0.25) is 4.90 Å². The molecule has 0 saturated carbocycles. The highest BCUT2D eigenvalue weighted by atomic mass is 32.2. The van der Waals surface area contributed by atoms with E-state index in [1.54, 1.807) is 30.0 Å². The van der Waals surface area contributed by atoms with E-state index in [2.05, 4.69) is 26.0 Å². The van der Waals surface area contributed by atoms with Crippen LogP contribution >= 0.6 is 11.8 Å². The van der Waals surface area contributed by atoms with Gasteiger partial charge in [-0.1, -0.05) is 12.1 Å². The quantitative estimate of drug-likeness (QED) is 0.323. The summed E-state index contributed by atoms with van der Waals surface area (Å²) in [7, 11) is 0. The molecule has 35 heavy (non-hydrogen) atoms. The number of thioether (sulfide) groups is 1. The zero-order chi connectivity index (χ0) is 24.4. The van der Waals surface area contributed by atoms with E-state index in [1.165, 1.54) is 16.6 Å². The Morgan fingerprint density at radius 2 is 1.86 bits per heavy atom. The fourth-order valence-electron chi connectivity index (χ4n) is 4.04. The monoisotopic (exact) mass is 492 g/mol. The van der Waals surface area contributed by atoms with Crippen LogP contribution in [-0.4, -0.2) is 63.0 Å². The van der Waals surface area contributed by atoms with Gasteiger partial charge in [0.05, 0.1) is 17.3 Å². The number of hydrogen-bond acceptors (Lipinski definition) is 8. The summed E-state index contributed by atoms with van der Waals surface area (Å²) in [4.78, 5) is 13.3. The summed E-state index contributed by atoms with van der Waals surface area (Å²) in [6.45, 7) is 3.79. The van der Waals surface area contributed by atoms with E-state index in [0.717, 1.165) is 42.0 Å². The second-order valence-electron chi connectivity index (χ2n) is 8.12. The summed E-state index contributed by atoms with van der Waals surface area (Å²) < 4.78 is 28.7. The molecule has 1 saturated heterocycles. The number of hydrogen-bond donors (Lipinski definition) is 1. The number of nitrogen functional groups attached to an aromatic ring is 1. The van der Waals surface area contributed by atoms with Crippen molar-refractivity contribution in [3.63, 3.8) is 0 Å². The average molecular weight is 493 g/mol. The molecule has 3 heterocycles. The second kappa shape index (κ2) is 9.85. The topological polar surface area (TPSA) is 99.4 Å². The molecule has 0 bridgehead atoms. The van der Waals surface area contributed by atoms with Crippen molar-refractivity contribution in [2.75, 3.05) is 49.1 Å². The number of rotatable bonds is 6. The Bertz CT molecular complexity index is 1410. The van der Waals surface area contributed by atoms with Gasteiger partial charge in [0.25, 0.3) is 0 Å². The molecule has 4 aromatic rings. The lowest BCUT2D eigenvalue weighted by Gasteiger charge is -2.36. The Balaban J connectivity index is 1.19. The van der Waals surface area contributed by atoms with Crippen molar-refractivity contribution in [3.05, 3.63) is 65.7 Å². The number of halogens is 2. The van der Waals surface area contributed by atoms with Crippen LogP contribution in [0.3, 0.4) is 0 Å². The molecule has 11 heteroatoms. The van der Waals surface area contributed by atoms with Crippen molar-refractivity contribution in [1.29, 1.82) is 5.26 Å². The third-order valence-corrected chi connectivity index (χ3v) is 6.75. The number of benzene rings is 2. The molecule has 5 rings (SSSR count). The largest absolute Gasteiger partial charge is 0.368 e. The minimum atomic E-state index is -0.565. The lowest BCUT2D eigenvalue weighted by Crippen LogP contribution is -2.47. The Hall–Kier alpha value is -3.75. The number of nitriles is 1. The molecule has 1 aliphatic heterocycles. The number of fused-ring (bicyclic) bond motifs is 1. The van der Waals surface area contributed by atoms with Gasteiger partial charge in [-0.25, -0.2) is 18.7 Å². The summed E-state index contributed by atoms with van der Waals surface area (Å²) >= 11 is 1.58. The maximum Gasteiger partial charge on any atom is 0.224 e. The van der Waals surface area contributed by atoms with Crippen molar-refractivity contribution >= 4 is 29.0 Å². The van der Waals surface area contributed by atoms with Gasteiger partial charge in [0, 0.05) is 56.2 Å². The van der Waals surface area contributed by atoms with E-state index in [1.807, 2.05) is 17.0 Å². The highest BCUT2D eigenvalue weighted by molar-refractivity contribution is 7.99.